The quantitative estimate of drug-likeness (QED) is 0.795. The molecule has 0 spiro atoms. The van der Waals surface area contributed by atoms with Gasteiger partial charge in [0.15, 0.2) is 0 Å². The van der Waals surface area contributed by atoms with E-state index in [2.05, 4.69) is 15.3 Å². The summed E-state index contributed by atoms with van der Waals surface area (Å²) < 4.78 is 5.50. The molecule has 0 aliphatic heterocycles. The van der Waals surface area contributed by atoms with Crippen LogP contribution in [0.25, 0.3) is 0 Å². The molecule has 0 atom stereocenters. The Labute approximate surface area is 134 Å². The number of carbonyl (C=O) groups is 1. The Balaban J connectivity index is 1.67. The summed E-state index contributed by atoms with van der Waals surface area (Å²) in [6.45, 7) is 1.95. The number of nitrogens with one attached hydrogen (secondary N) is 1. The van der Waals surface area contributed by atoms with E-state index >= 15 is 0 Å². The zero-order chi connectivity index (χ0) is 16.1. The number of ether oxygens (including phenoxy) is 1. The van der Waals surface area contributed by atoms with E-state index in [1.54, 1.807) is 48.8 Å². The summed E-state index contributed by atoms with van der Waals surface area (Å²) in [5.74, 6) is 0.457. The molecule has 5 heteroatoms. The van der Waals surface area contributed by atoms with Crippen LogP contribution in [0.3, 0.4) is 0 Å². The van der Waals surface area contributed by atoms with Gasteiger partial charge in [-0.05, 0) is 49.4 Å². The molecule has 3 aromatic rings. The molecule has 0 fully saturated rings. The van der Waals surface area contributed by atoms with E-state index in [4.69, 9.17) is 4.74 Å². The molecule has 114 valence electrons. The predicted molar refractivity (Wildman–Crippen MR) is 87.7 cm³/mol. The van der Waals surface area contributed by atoms with E-state index in [0.29, 0.717) is 17.0 Å². The minimum Gasteiger partial charge on any atom is -0.424 e. The smallest absolute Gasteiger partial charge is 0.321 e. The van der Waals surface area contributed by atoms with Crippen LogP contribution in [0.2, 0.25) is 0 Å². The van der Waals surface area contributed by atoms with Crippen molar-refractivity contribution in [1.29, 1.82) is 0 Å². The molecule has 1 heterocycles. The van der Waals surface area contributed by atoms with Crippen molar-refractivity contribution in [3.63, 3.8) is 0 Å². The van der Waals surface area contributed by atoms with Crippen LogP contribution < -0.4 is 10.1 Å². The van der Waals surface area contributed by atoms with Gasteiger partial charge in [0.05, 0.1) is 0 Å². The lowest BCUT2D eigenvalue weighted by atomic mass is 10.1. The Morgan fingerprint density at radius 2 is 1.74 bits per heavy atom. The highest BCUT2D eigenvalue weighted by molar-refractivity contribution is 6.04. The molecule has 0 unspecified atom stereocenters. The maximum absolute atomic E-state index is 12.2. The molecule has 2 aromatic carbocycles. The van der Waals surface area contributed by atoms with Gasteiger partial charge in [0.25, 0.3) is 5.91 Å². The lowest BCUT2D eigenvalue weighted by Gasteiger charge is -2.07. The van der Waals surface area contributed by atoms with Crippen LogP contribution >= 0.6 is 0 Å². The van der Waals surface area contributed by atoms with Gasteiger partial charge in [-0.15, -0.1) is 0 Å². The Kier molecular flexibility index (Phi) is 4.29. The number of amides is 1. The van der Waals surface area contributed by atoms with Gasteiger partial charge < -0.3 is 10.1 Å². The van der Waals surface area contributed by atoms with E-state index in [1.807, 2.05) is 25.1 Å². The fourth-order valence-electron chi connectivity index (χ4n) is 2.04. The van der Waals surface area contributed by atoms with Crippen molar-refractivity contribution in [1.82, 2.24) is 9.97 Å². The molecule has 0 aliphatic carbocycles. The van der Waals surface area contributed by atoms with Crippen molar-refractivity contribution in [2.24, 2.45) is 0 Å². The van der Waals surface area contributed by atoms with Crippen LogP contribution in [-0.2, 0) is 0 Å². The number of hydrogen-bond acceptors (Lipinski definition) is 4. The van der Waals surface area contributed by atoms with E-state index in [-0.39, 0.29) is 11.9 Å². The summed E-state index contributed by atoms with van der Waals surface area (Å²) in [5.41, 5.74) is 2.37. The zero-order valence-electron chi connectivity index (χ0n) is 12.6. The molecule has 1 amide bonds. The third-order valence-corrected chi connectivity index (χ3v) is 3.14. The van der Waals surface area contributed by atoms with E-state index in [9.17, 15) is 4.79 Å². The normalized spacial score (nSPS) is 10.1. The number of nitrogens with zero attached hydrogens (tertiary/aromatic N) is 2. The molecule has 3 rings (SSSR count). The minimum absolute atomic E-state index is 0.145. The Morgan fingerprint density at radius 3 is 2.43 bits per heavy atom. The van der Waals surface area contributed by atoms with Crippen LogP contribution in [0, 0.1) is 6.92 Å². The Bertz CT molecular complexity index is 802. The summed E-state index contributed by atoms with van der Waals surface area (Å²) >= 11 is 0. The number of aryl methyl sites for hydroxylation is 1. The number of carbonyl (C=O) groups excluding carboxylic acids is 1. The minimum atomic E-state index is -0.145. The summed E-state index contributed by atoms with van der Waals surface area (Å²) in [5, 5.41) is 2.85. The number of hydrogen-bond donors (Lipinski definition) is 1. The fourth-order valence-corrected chi connectivity index (χ4v) is 2.04. The van der Waals surface area contributed by atoms with Gasteiger partial charge in [-0.3, -0.25) is 4.79 Å². The van der Waals surface area contributed by atoms with E-state index < -0.39 is 0 Å². The van der Waals surface area contributed by atoms with Gasteiger partial charge in [0, 0.05) is 23.6 Å². The van der Waals surface area contributed by atoms with E-state index in [1.165, 1.54) is 0 Å². The second-order valence-corrected chi connectivity index (χ2v) is 4.98. The van der Waals surface area contributed by atoms with Crippen molar-refractivity contribution in [2.45, 2.75) is 6.92 Å². The number of anilines is 1. The lowest BCUT2D eigenvalue weighted by molar-refractivity contribution is 0.102. The first kappa shape index (κ1) is 14.7. The molecule has 5 nitrogen and oxygen atoms in total. The van der Waals surface area contributed by atoms with Crippen LogP contribution in [0.5, 0.6) is 11.8 Å². The molecule has 0 saturated heterocycles. The van der Waals surface area contributed by atoms with Crippen LogP contribution in [-0.4, -0.2) is 15.9 Å². The van der Waals surface area contributed by atoms with Gasteiger partial charge >= 0.3 is 6.01 Å². The van der Waals surface area contributed by atoms with Gasteiger partial charge in [0.1, 0.15) is 5.75 Å². The van der Waals surface area contributed by atoms with Crippen molar-refractivity contribution in [3.8, 4) is 11.8 Å². The highest BCUT2D eigenvalue weighted by Gasteiger charge is 2.06. The maximum Gasteiger partial charge on any atom is 0.321 e. The largest absolute Gasteiger partial charge is 0.424 e. The molecule has 0 aliphatic rings. The average molecular weight is 305 g/mol. The second-order valence-electron chi connectivity index (χ2n) is 4.98. The first-order chi connectivity index (χ1) is 11.2. The van der Waals surface area contributed by atoms with Gasteiger partial charge in [-0.25, -0.2) is 9.97 Å². The number of benzene rings is 2. The first-order valence-corrected chi connectivity index (χ1v) is 7.14. The molecule has 23 heavy (non-hydrogen) atoms. The molecule has 1 N–H and O–H groups in total. The summed E-state index contributed by atoms with van der Waals surface area (Å²) in [6.07, 6.45) is 3.22. The van der Waals surface area contributed by atoms with Gasteiger partial charge in [-0.1, -0.05) is 17.7 Å². The topological polar surface area (TPSA) is 64.1 Å². The van der Waals surface area contributed by atoms with Crippen molar-refractivity contribution in [2.75, 3.05) is 5.32 Å². The SMILES string of the molecule is Cc1cccc(C(=O)Nc2ccc(Oc3ncccn3)cc2)c1. The molecule has 0 bridgehead atoms. The highest BCUT2D eigenvalue weighted by Crippen LogP contribution is 2.20. The zero-order valence-corrected chi connectivity index (χ0v) is 12.6. The fraction of sp³-hybridized carbons (Fsp3) is 0.0556. The molecular weight excluding hydrogens is 290 g/mol. The van der Waals surface area contributed by atoms with Crippen LogP contribution in [0.15, 0.2) is 67.0 Å². The van der Waals surface area contributed by atoms with Crippen molar-refractivity contribution >= 4 is 11.6 Å². The highest BCUT2D eigenvalue weighted by atomic mass is 16.5. The maximum atomic E-state index is 12.2. The van der Waals surface area contributed by atoms with E-state index in [0.717, 1.165) is 5.56 Å². The van der Waals surface area contributed by atoms with Gasteiger partial charge in [-0.2, -0.15) is 0 Å². The summed E-state index contributed by atoms with van der Waals surface area (Å²) in [6, 6.07) is 16.5. The Morgan fingerprint density at radius 1 is 1.00 bits per heavy atom. The second kappa shape index (κ2) is 6.70. The molecule has 0 saturated carbocycles. The summed E-state index contributed by atoms with van der Waals surface area (Å²) in [4.78, 5) is 20.2. The van der Waals surface area contributed by atoms with Crippen LogP contribution in [0.4, 0.5) is 5.69 Å². The average Bonchev–Trinajstić information content (AvgIpc) is 2.57. The lowest BCUT2D eigenvalue weighted by Crippen LogP contribution is -2.11. The molecular formula is C18H15N3O2. The monoisotopic (exact) mass is 305 g/mol. The first-order valence-electron chi connectivity index (χ1n) is 7.14. The van der Waals surface area contributed by atoms with Crippen molar-refractivity contribution in [3.05, 3.63) is 78.1 Å². The molecule has 1 aromatic heterocycles. The van der Waals surface area contributed by atoms with Crippen molar-refractivity contribution < 1.29 is 9.53 Å². The number of aromatic nitrogens is 2. The Hall–Kier alpha value is -3.21. The third-order valence-electron chi connectivity index (χ3n) is 3.14. The number of rotatable bonds is 4. The molecule has 0 radical (unpaired) electrons. The standard InChI is InChI=1S/C18H15N3O2/c1-13-4-2-5-14(12-13)17(22)21-15-6-8-16(9-7-15)23-18-19-10-3-11-20-18/h2-12H,1H3,(H,21,22). The third kappa shape index (κ3) is 3.91. The predicted octanol–water partition coefficient (Wildman–Crippen LogP) is 3.83. The van der Waals surface area contributed by atoms with Crippen LogP contribution in [0.1, 0.15) is 15.9 Å². The summed E-state index contributed by atoms with van der Waals surface area (Å²) in [7, 11) is 0. The van der Waals surface area contributed by atoms with Gasteiger partial charge in [0.2, 0.25) is 0 Å².